The highest BCUT2D eigenvalue weighted by Gasteiger charge is 2.37. The van der Waals surface area contributed by atoms with E-state index in [0.717, 1.165) is 17.0 Å². The van der Waals surface area contributed by atoms with Gasteiger partial charge in [-0.3, -0.25) is 9.89 Å². The van der Waals surface area contributed by atoms with Crippen molar-refractivity contribution in [3.8, 4) is 0 Å². The summed E-state index contributed by atoms with van der Waals surface area (Å²) in [7, 11) is 0. The molecule has 0 aliphatic rings. The number of aromatic nitrogens is 3. The van der Waals surface area contributed by atoms with Gasteiger partial charge in [-0.15, -0.1) is 0 Å². The molecule has 23 heavy (non-hydrogen) atoms. The molecule has 6 nitrogen and oxygen atoms in total. The average Bonchev–Trinajstić information content (AvgIpc) is 3.20. The van der Waals surface area contributed by atoms with Gasteiger partial charge in [-0.05, 0) is 12.1 Å². The van der Waals surface area contributed by atoms with Crippen molar-refractivity contribution in [2.75, 3.05) is 4.90 Å². The number of rotatable bonds is 3. The molecule has 3 aromatic rings. The Morgan fingerprint density at radius 1 is 1.17 bits per heavy atom. The molecule has 2 aromatic heterocycles. The van der Waals surface area contributed by atoms with E-state index >= 15 is 0 Å². The third kappa shape index (κ3) is 2.80. The maximum atomic E-state index is 13.1. The summed E-state index contributed by atoms with van der Waals surface area (Å²) in [4.78, 5) is 13.6. The number of H-pyrrole nitrogens is 1. The Labute approximate surface area is 127 Å². The Balaban J connectivity index is 2.11. The predicted molar refractivity (Wildman–Crippen MR) is 73.0 cm³/mol. The molecule has 0 unspecified atom stereocenters. The molecule has 0 fully saturated rings. The monoisotopic (exact) mass is 322 g/mol. The van der Waals surface area contributed by atoms with Crippen LogP contribution in [0.4, 0.5) is 24.9 Å². The molecular weight excluding hydrogens is 313 g/mol. The maximum Gasteiger partial charge on any atom is 0.417 e. The van der Waals surface area contributed by atoms with Crippen molar-refractivity contribution in [1.82, 2.24) is 15.4 Å². The minimum atomic E-state index is -4.66. The molecule has 3 rings (SSSR count). The molecular formula is C14H9F3N4O2. The van der Waals surface area contributed by atoms with Gasteiger partial charge in [-0.1, -0.05) is 17.3 Å². The second-order valence-electron chi connectivity index (χ2n) is 4.47. The Kier molecular flexibility index (Phi) is 3.61. The molecule has 0 saturated carbocycles. The third-order valence-electron chi connectivity index (χ3n) is 3.03. The van der Waals surface area contributed by atoms with Gasteiger partial charge in [-0.2, -0.15) is 18.3 Å². The molecule has 0 spiro atoms. The summed E-state index contributed by atoms with van der Waals surface area (Å²) in [5.74, 6) is -0.885. The number of amides is 1. The molecule has 0 radical (unpaired) electrons. The number of aromatic amines is 1. The van der Waals surface area contributed by atoms with E-state index in [1.54, 1.807) is 0 Å². The van der Waals surface area contributed by atoms with Crippen molar-refractivity contribution in [2.45, 2.75) is 6.18 Å². The number of nitrogens with zero attached hydrogens (tertiary/aromatic N) is 3. The van der Waals surface area contributed by atoms with Crippen molar-refractivity contribution in [2.24, 2.45) is 0 Å². The van der Waals surface area contributed by atoms with Crippen molar-refractivity contribution < 1.29 is 22.5 Å². The normalized spacial score (nSPS) is 11.4. The lowest BCUT2D eigenvalue weighted by Gasteiger charge is -2.19. The molecule has 0 atom stereocenters. The first-order chi connectivity index (χ1) is 11.0. The minimum Gasteiger partial charge on any atom is -0.338 e. The minimum absolute atomic E-state index is 0.0425. The fourth-order valence-electron chi connectivity index (χ4n) is 2.06. The quantitative estimate of drug-likeness (QED) is 0.802. The Morgan fingerprint density at radius 2 is 1.96 bits per heavy atom. The smallest absolute Gasteiger partial charge is 0.338 e. The van der Waals surface area contributed by atoms with Gasteiger partial charge < -0.3 is 4.52 Å². The molecule has 1 amide bonds. The van der Waals surface area contributed by atoms with Crippen molar-refractivity contribution in [3.05, 3.63) is 59.9 Å². The van der Waals surface area contributed by atoms with Gasteiger partial charge in [0, 0.05) is 18.3 Å². The number of carbonyl (C=O) groups is 1. The molecule has 9 heteroatoms. The Bertz CT molecular complexity index is 764. The van der Waals surface area contributed by atoms with Crippen LogP contribution in [0.25, 0.3) is 0 Å². The number of alkyl halides is 3. The van der Waals surface area contributed by atoms with E-state index in [4.69, 9.17) is 4.52 Å². The van der Waals surface area contributed by atoms with E-state index in [-0.39, 0.29) is 11.7 Å². The van der Waals surface area contributed by atoms with Crippen molar-refractivity contribution in [1.29, 1.82) is 0 Å². The summed E-state index contributed by atoms with van der Waals surface area (Å²) < 4.78 is 44.3. The van der Waals surface area contributed by atoms with Gasteiger partial charge in [-0.25, -0.2) is 4.90 Å². The van der Waals surface area contributed by atoms with Crippen LogP contribution in [0, 0.1) is 0 Å². The summed E-state index contributed by atoms with van der Waals surface area (Å²) in [6, 6.07) is 7.29. The molecule has 0 aliphatic carbocycles. The maximum absolute atomic E-state index is 13.1. The van der Waals surface area contributed by atoms with Crippen LogP contribution < -0.4 is 4.90 Å². The zero-order chi connectivity index (χ0) is 16.4. The molecule has 0 bridgehead atoms. The van der Waals surface area contributed by atoms with Crippen LogP contribution in [0.3, 0.4) is 0 Å². The highest BCUT2D eigenvalue weighted by molar-refractivity contribution is 6.10. The summed E-state index contributed by atoms with van der Waals surface area (Å²) in [6.45, 7) is 0. The number of carbonyl (C=O) groups excluding carboxylic acids is 1. The third-order valence-corrected chi connectivity index (χ3v) is 3.03. The lowest BCUT2D eigenvalue weighted by Crippen LogP contribution is -2.28. The van der Waals surface area contributed by atoms with Crippen LogP contribution >= 0.6 is 0 Å². The first-order valence-corrected chi connectivity index (χ1v) is 6.39. The van der Waals surface area contributed by atoms with E-state index in [9.17, 15) is 18.0 Å². The fraction of sp³-hybridized carbons (Fsp3) is 0.0714. The molecule has 0 aliphatic heterocycles. The van der Waals surface area contributed by atoms with E-state index in [0.29, 0.717) is 0 Å². The fourth-order valence-corrected chi connectivity index (χ4v) is 2.06. The Hall–Kier alpha value is -3.10. The highest BCUT2D eigenvalue weighted by atomic mass is 19.4. The predicted octanol–water partition coefficient (Wildman–Crippen LogP) is 3.40. The lowest BCUT2D eigenvalue weighted by molar-refractivity contribution is -0.137. The number of nitrogens with one attached hydrogen (secondary N) is 1. The second kappa shape index (κ2) is 5.59. The number of hydrogen-bond acceptors (Lipinski definition) is 4. The molecule has 1 aromatic carbocycles. The summed E-state index contributed by atoms with van der Waals surface area (Å²) in [5, 5.41) is 9.79. The van der Waals surface area contributed by atoms with Gasteiger partial charge in [0.2, 0.25) is 5.88 Å². The van der Waals surface area contributed by atoms with Gasteiger partial charge in [0.25, 0.3) is 5.91 Å². The van der Waals surface area contributed by atoms with Gasteiger partial charge in [0.15, 0.2) is 5.82 Å². The summed E-state index contributed by atoms with van der Waals surface area (Å²) in [5.41, 5.74) is -1.55. The topological polar surface area (TPSA) is 75.0 Å². The van der Waals surface area contributed by atoms with Gasteiger partial charge in [0.1, 0.15) is 0 Å². The average molecular weight is 322 g/mol. The van der Waals surface area contributed by atoms with Crippen molar-refractivity contribution >= 4 is 17.6 Å². The zero-order valence-corrected chi connectivity index (χ0v) is 11.4. The van der Waals surface area contributed by atoms with Crippen LogP contribution in [-0.4, -0.2) is 21.3 Å². The van der Waals surface area contributed by atoms with Crippen LogP contribution in [-0.2, 0) is 6.18 Å². The SMILES string of the molecule is O=C(c1ccccc1C(F)(F)F)N(c1cc[nH]n1)c1ccno1. The Morgan fingerprint density at radius 3 is 2.57 bits per heavy atom. The zero-order valence-electron chi connectivity index (χ0n) is 11.4. The summed E-state index contributed by atoms with van der Waals surface area (Å²) in [6.07, 6.45) is -1.95. The first kappa shape index (κ1) is 14.8. The van der Waals surface area contributed by atoms with Crippen LogP contribution in [0.15, 0.2) is 53.3 Å². The van der Waals surface area contributed by atoms with Crippen LogP contribution in [0.1, 0.15) is 15.9 Å². The number of benzene rings is 1. The molecule has 2 heterocycles. The standard InChI is InChI=1S/C14H9F3N4O2/c15-14(16,17)10-4-2-1-3-9(10)13(22)21(11-5-7-18-20-11)12-6-8-19-23-12/h1-8H,(H,18,20). The van der Waals surface area contributed by atoms with E-state index in [1.165, 1.54) is 36.7 Å². The molecule has 0 saturated heterocycles. The highest BCUT2D eigenvalue weighted by Crippen LogP contribution is 2.34. The van der Waals surface area contributed by atoms with Gasteiger partial charge >= 0.3 is 6.18 Å². The van der Waals surface area contributed by atoms with Crippen LogP contribution in [0.5, 0.6) is 0 Å². The number of halogens is 3. The van der Waals surface area contributed by atoms with E-state index < -0.39 is 23.2 Å². The molecule has 1 N–H and O–H groups in total. The largest absolute Gasteiger partial charge is 0.417 e. The molecule has 118 valence electrons. The lowest BCUT2D eigenvalue weighted by atomic mass is 10.1. The first-order valence-electron chi connectivity index (χ1n) is 6.39. The van der Waals surface area contributed by atoms with Crippen LogP contribution in [0.2, 0.25) is 0 Å². The van der Waals surface area contributed by atoms with E-state index in [2.05, 4.69) is 15.4 Å². The number of hydrogen-bond donors (Lipinski definition) is 1. The number of anilines is 2. The second-order valence-corrected chi connectivity index (χ2v) is 4.47. The van der Waals surface area contributed by atoms with E-state index in [1.807, 2.05) is 0 Å². The van der Waals surface area contributed by atoms with Gasteiger partial charge in [0.05, 0.1) is 17.3 Å². The summed E-state index contributed by atoms with van der Waals surface area (Å²) >= 11 is 0. The van der Waals surface area contributed by atoms with Crippen molar-refractivity contribution in [3.63, 3.8) is 0 Å².